The second-order valence-corrected chi connectivity index (χ2v) is 4.65. The topological polar surface area (TPSA) is 88.3 Å². The Morgan fingerprint density at radius 3 is 2.88 bits per heavy atom. The standard InChI is InChI=1S/C10H14BrN3O3/c1-6(5-15)3-12-10-9(11)7(2)8(4-13-10)14(16)17/h4,6,15H,3,5H2,1-2H3,(H,12,13). The van der Waals surface area contributed by atoms with Gasteiger partial charge < -0.3 is 10.4 Å². The molecule has 0 saturated carbocycles. The molecule has 1 unspecified atom stereocenters. The Labute approximate surface area is 107 Å². The van der Waals surface area contributed by atoms with E-state index in [2.05, 4.69) is 26.2 Å². The van der Waals surface area contributed by atoms with Crippen molar-refractivity contribution < 1.29 is 10.0 Å². The Morgan fingerprint density at radius 1 is 1.71 bits per heavy atom. The zero-order chi connectivity index (χ0) is 13.0. The van der Waals surface area contributed by atoms with Crippen molar-refractivity contribution in [2.45, 2.75) is 13.8 Å². The van der Waals surface area contributed by atoms with E-state index in [4.69, 9.17) is 5.11 Å². The molecule has 0 aliphatic rings. The van der Waals surface area contributed by atoms with Gasteiger partial charge in [-0.05, 0) is 28.8 Å². The molecule has 7 heteroatoms. The number of aliphatic hydroxyl groups is 1. The van der Waals surface area contributed by atoms with Crippen molar-refractivity contribution in [1.82, 2.24) is 4.98 Å². The van der Waals surface area contributed by atoms with Crippen LogP contribution in [0.4, 0.5) is 11.5 Å². The van der Waals surface area contributed by atoms with Crippen LogP contribution in [0.2, 0.25) is 0 Å². The molecule has 0 aliphatic carbocycles. The molecular weight excluding hydrogens is 290 g/mol. The van der Waals surface area contributed by atoms with Gasteiger partial charge in [0.2, 0.25) is 0 Å². The molecule has 2 N–H and O–H groups in total. The highest BCUT2D eigenvalue weighted by Gasteiger charge is 2.17. The third kappa shape index (κ3) is 3.37. The number of anilines is 1. The fraction of sp³-hybridized carbons (Fsp3) is 0.500. The molecule has 1 atom stereocenters. The predicted molar refractivity (Wildman–Crippen MR) is 68.1 cm³/mol. The number of nitrogens with zero attached hydrogens (tertiary/aromatic N) is 2. The molecule has 0 aromatic carbocycles. The molecule has 94 valence electrons. The largest absolute Gasteiger partial charge is 0.396 e. The Hall–Kier alpha value is -1.21. The van der Waals surface area contributed by atoms with E-state index in [1.54, 1.807) is 6.92 Å². The van der Waals surface area contributed by atoms with Crippen LogP contribution in [0.3, 0.4) is 0 Å². The monoisotopic (exact) mass is 303 g/mol. The van der Waals surface area contributed by atoms with Crippen LogP contribution in [0.5, 0.6) is 0 Å². The Balaban J connectivity index is 2.89. The molecule has 1 heterocycles. The first-order valence-electron chi connectivity index (χ1n) is 5.11. The maximum atomic E-state index is 10.7. The highest BCUT2D eigenvalue weighted by atomic mass is 79.9. The summed E-state index contributed by atoms with van der Waals surface area (Å²) in [5, 5.41) is 22.6. The molecular formula is C10H14BrN3O3. The van der Waals surface area contributed by atoms with Gasteiger partial charge in [-0.2, -0.15) is 0 Å². The molecule has 6 nitrogen and oxygen atoms in total. The summed E-state index contributed by atoms with van der Waals surface area (Å²) in [7, 11) is 0. The summed E-state index contributed by atoms with van der Waals surface area (Å²) in [5.74, 6) is 0.646. The number of nitrogens with one attached hydrogen (secondary N) is 1. The van der Waals surface area contributed by atoms with Crippen LogP contribution < -0.4 is 5.32 Å². The summed E-state index contributed by atoms with van der Waals surface area (Å²) < 4.78 is 0.580. The number of halogens is 1. The zero-order valence-corrected chi connectivity index (χ0v) is 11.2. The first-order chi connectivity index (χ1) is 7.97. The summed E-state index contributed by atoms with van der Waals surface area (Å²) >= 11 is 3.28. The molecule has 0 spiro atoms. The Kier molecular flexibility index (Phi) is 4.83. The maximum absolute atomic E-state index is 10.7. The fourth-order valence-electron chi connectivity index (χ4n) is 1.21. The summed E-state index contributed by atoms with van der Waals surface area (Å²) in [6.45, 7) is 4.18. The number of aromatic nitrogens is 1. The molecule has 1 aromatic heterocycles. The van der Waals surface area contributed by atoms with Crippen molar-refractivity contribution in [3.8, 4) is 0 Å². The number of hydrogen-bond acceptors (Lipinski definition) is 5. The molecule has 17 heavy (non-hydrogen) atoms. The van der Waals surface area contributed by atoms with Crippen molar-refractivity contribution >= 4 is 27.4 Å². The normalized spacial score (nSPS) is 12.2. The van der Waals surface area contributed by atoms with Crippen LogP contribution in [-0.4, -0.2) is 28.2 Å². The van der Waals surface area contributed by atoms with Gasteiger partial charge in [-0.15, -0.1) is 0 Å². The van der Waals surface area contributed by atoms with Crippen LogP contribution >= 0.6 is 15.9 Å². The summed E-state index contributed by atoms with van der Waals surface area (Å²) in [4.78, 5) is 14.2. The van der Waals surface area contributed by atoms with Crippen LogP contribution in [0.25, 0.3) is 0 Å². The van der Waals surface area contributed by atoms with Crippen molar-refractivity contribution in [1.29, 1.82) is 0 Å². The lowest BCUT2D eigenvalue weighted by Crippen LogP contribution is -2.15. The lowest BCUT2D eigenvalue weighted by atomic mass is 10.2. The molecule has 0 bridgehead atoms. The third-order valence-electron chi connectivity index (χ3n) is 2.36. The minimum Gasteiger partial charge on any atom is -0.396 e. The van der Waals surface area contributed by atoms with E-state index in [1.807, 2.05) is 6.92 Å². The summed E-state index contributed by atoms with van der Waals surface area (Å²) in [5.41, 5.74) is 0.516. The highest BCUT2D eigenvalue weighted by Crippen LogP contribution is 2.30. The first kappa shape index (κ1) is 13.9. The smallest absolute Gasteiger partial charge is 0.291 e. The number of aliphatic hydroxyl groups excluding tert-OH is 1. The fourth-order valence-corrected chi connectivity index (χ4v) is 1.66. The summed E-state index contributed by atoms with van der Waals surface area (Å²) in [6.07, 6.45) is 1.23. The molecule has 0 aliphatic heterocycles. The predicted octanol–water partition coefficient (Wildman–Crippen LogP) is 2.10. The van der Waals surface area contributed by atoms with Crippen molar-refractivity contribution in [3.63, 3.8) is 0 Å². The maximum Gasteiger partial charge on any atom is 0.291 e. The van der Waals surface area contributed by atoms with E-state index in [-0.39, 0.29) is 18.2 Å². The van der Waals surface area contributed by atoms with Gasteiger partial charge in [0, 0.05) is 18.7 Å². The molecule has 0 saturated heterocycles. The average Bonchev–Trinajstić information content (AvgIpc) is 2.30. The Bertz CT molecular complexity index is 426. The third-order valence-corrected chi connectivity index (χ3v) is 3.33. The minimum atomic E-state index is -0.465. The van der Waals surface area contributed by atoms with Gasteiger partial charge in [0.25, 0.3) is 5.69 Å². The van der Waals surface area contributed by atoms with E-state index >= 15 is 0 Å². The van der Waals surface area contributed by atoms with Gasteiger partial charge in [0.05, 0.1) is 9.40 Å². The van der Waals surface area contributed by atoms with E-state index in [9.17, 15) is 10.1 Å². The van der Waals surface area contributed by atoms with Crippen LogP contribution in [0.15, 0.2) is 10.7 Å². The quantitative estimate of drug-likeness (QED) is 0.642. The van der Waals surface area contributed by atoms with Crippen molar-refractivity contribution in [2.75, 3.05) is 18.5 Å². The molecule has 1 rings (SSSR count). The molecule has 0 amide bonds. The lowest BCUT2D eigenvalue weighted by Gasteiger charge is -2.12. The van der Waals surface area contributed by atoms with E-state index < -0.39 is 4.92 Å². The number of hydrogen-bond donors (Lipinski definition) is 2. The van der Waals surface area contributed by atoms with Gasteiger partial charge in [0.1, 0.15) is 12.0 Å². The SMILES string of the molecule is Cc1c([N+](=O)[O-])cnc(NCC(C)CO)c1Br. The van der Waals surface area contributed by atoms with Crippen molar-refractivity contribution in [2.24, 2.45) is 5.92 Å². The van der Waals surface area contributed by atoms with Gasteiger partial charge in [0.15, 0.2) is 0 Å². The van der Waals surface area contributed by atoms with Gasteiger partial charge in [-0.25, -0.2) is 4.98 Å². The van der Waals surface area contributed by atoms with E-state index in [0.29, 0.717) is 22.4 Å². The van der Waals surface area contributed by atoms with E-state index in [1.165, 1.54) is 6.20 Å². The number of rotatable bonds is 5. The van der Waals surface area contributed by atoms with Gasteiger partial charge in [-0.3, -0.25) is 10.1 Å². The van der Waals surface area contributed by atoms with Gasteiger partial charge >= 0.3 is 0 Å². The van der Waals surface area contributed by atoms with Crippen LogP contribution in [0.1, 0.15) is 12.5 Å². The van der Waals surface area contributed by atoms with Gasteiger partial charge in [-0.1, -0.05) is 6.92 Å². The Morgan fingerprint density at radius 2 is 2.35 bits per heavy atom. The van der Waals surface area contributed by atoms with Crippen molar-refractivity contribution in [3.05, 3.63) is 26.3 Å². The van der Waals surface area contributed by atoms with Crippen LogP contribution in [-0.2, 0) is 0 Å². The minimum absolute atomic E-state index is 0.0161. The molecule has 0 radical (unpaired) electrons. The lowest BCUT2D eigenvalue weighted by molar-refractivity contribution is -0.385. The average molecular weight is 304 g/mol. The van der Waals surface area contributed by atoms with E-state index in [0.717, 1.165) is 0 Å². The van der Waals surface area contributed by atoms with Crippen LogP contribution in [0, 0.1) is 23.0 Å². The molecule has 0 fully saturated rings. The first-order valence-corrected chi connectivity index (χ1v) is 5.90. The number of nitro groups is 1. The summed E-state index contributed by atoms with van der Waals surface area (Å²) in [6, 6.07) is 0. The number of pyridine rings is 1. The molecule has 1 aromatic rings. The second-order valence-electron chi connectivity index (χ2n) is 3.86. The zero-order valence-electron chi connectivity index (χ0n) is 9.61. The highest BCUT2D eigenvalue weighted by molar-refractivity contribution is 9.10. The second kappa shape index (κ2) is 5.92.